The molecule has 0 unspecified atom stereocenters. The van der Waals surface area contributed by atoms with Crippen molar-refractivity contribution in [2.45, 2.75) is 30.7 Å². The number of hydrogen-bond acceptors (Lipinski definition) is 10. The number of nitro benzene ring substituents is 1. The molecule has 11 heteroatoms. The first-order valence-corrected chi connectivity index (χ1v) is 7.56. The Morgan fingerprint density at radius 2 is 1.96 bits per heavy atom. The average Bonchev–Trinajstić information content (AvgIpc) is 2.59. The van der Waals surface area contributed by atoms with Crippen LogP contribution in [0.25, 0.3) is 0 Å². The highest BCUT2D eigenvalue weighted by Gasteiger charge is 2.46. The normalized spacial score (nSPS) is 29.0. The van der Waals surface area contributed by atoms with Crippen LogP contribution in [0.4, 0.5) is 5.69 Å². The van der Waals surface area contributed by atoms with Crippen LogP contribution in [-0.4, -0.2) is 69.9 Å². The van der Waals surface area contributed by atoms with E-state index in [0.29, 0.717) is 0 Å². The molecule has 0 radical (unpaired) electrons. The van der Waals surface area contributed by atoms with E-state index in [2.05, 4.69) is 0 Å². The van der Waals surface area contributed by atoms with E-state index >= 15 is 0 Å². The summed E-state index contributed by atoms with van der Waals surface area (Å²) >= 11 is 4.91. The standard InChI is InChI=1S/C14H17NO9S/c1-21-13-11(18)12(10(17)9(6-16)23-13)24-14(25)22-8-4-2-7(3-5-8)15(19)20/h2-5,9-13,16-18H,6H2,1H3/t9-,10-,11+,12+,13-/m1/s1. The molecule has 1 aliphatic rings. The molecule has 3 N–H and O–H groups in total. The molecule has 0 bridgehead atoms. The summed E-state index contributed by atoms with van der Waals surface area (Å²) in [6, 6.07) is 5.08. The second-order valence-corrected chi connectivity index (χ2v) is 5.46. The molecule has 1 aliphatic heterocycles. The van der Waals surface area contributed by atoms with Crippen molar-refractivity contribution in [3.8, 4) is 5.75 Å². The zero-order valence-electron chi connectivity index (χ0n) is 13.0. The van der Waals surface area contributed by atoms with E-state index in [1.807, 2.05) is 0 Å². The largest absolute Gasteiger partial charge is 0.447 e. The molecule has 1 aromatic carbocycles. The summed E-state index contributed by atoms with van der Waals surface area (Å²) in [6.07, 6.45) is -6.21. The fourth-order valence-electron chi connectivity index (χ4n) is 2.25. The summed E-state index contributed by atoms with van der Waals surface area (Å²) in [4.78, 5) is 10.0. The number of nitro groups is 1. The van der Waals surface area contributed by atoms with Crippen molar-refractivity contribution in [2.75, 3.05) is 13.7 Å². The third kappa shape index (κ3) is 4.60. The highest BCUT2D eigenvalue weighted by molar-refractivity contribution is 7.79. The van der Waals surface area contributed by atoms with Gasteiger partial charge in [0, 0.05) is 31.5 Å². The van der Waals surface area contributed by atoms with Gasteiger partial charge >= 0.3 is 5.24 Å². The quantitative estimate of drug-likeness (QED) is 0.358. The Bertz CT molecular complexity index is 595. The van der Waals surface area contributed by atoms with Crippen LogP contribution in [0.15, 0.2) is 24.3 Å². The summed E-state index contributed by atoms with van der Waals surface area (Å²) in [6.45, 7) is -0.524. The van der Waals surface area contributed by atoms with Crippen LogP contribution in [0.5, 0.6) is 5.75 Å². The number of aliphatic hydroxyl groups is 3. The fraction of sp³-hybridized carbons (Fsp3) is 0.500. The van der Waals surface area contributed by atoms with Crippen LogP contribution in [-0.2, 0) is 14.2 Å². The van der Waals surface area contributed by atoms with Crippen molar-refractivity contribution in [2.24, 2.45) is 0 Å². The summed E-state index contributed by atoms with van der Waals surface area (Å²) in [5.41, 5.74) is -0.122. The zero-order valence-corrected chi connectivity index (χ0v) is 13.9. The molecule has 1 saturated heterocycles. The zero-order chi connectivity index (χ0) is 18.6. The Labute approximate surface area is 147 Å². The lowest BCUT2D eigenvalue weighted by Crippen LogP contribution is -2.60. The number of methoxy groups -OCH3 is 1. The second kappa shape index (κ2) is 8.47. The minimum atomic E-state index is -1.39. The average molecular weight is 375 g/mol. The van der Waals surface area contributed by atoms with Crippen molar-refractivity contribution in [3.63, 3.8) is 0 Å². The van der Waals surface area contributed by atoms with E-state index in [1.54, 1.807) is 0 Å². The summed E-state index contributed by atoms with van der Waals surface area (Å²) in [5.74, 6) is 0.175. The first-order chi connectivity index (χ1) is 11.9. The van der Waals surface area contributed by atoms with Crippen molar-refractivity contribution < 1.29 is 39.2 Å². The van der Waals surface area contributed by atoms with Crippen LogP contribution < -0.4 is 4.74 Å². The van der Waals surface area contributed by atoms with Gasteiger partial charge in [-0.2, -0.15) is 0 Å². The molecule has 0 aromatic heterocycles. The third-order valence-corrected chi connectivity index (χ3v) is 3.71. The Morgan fingerprint density at radius 1 is 1.32 bits per heavy atom. The van der Waals surface area contributed by atoms with Gasteiger partial charge in [0.2, 0.25) is 0 Å². The maximum absolute atomic E-state index is 10.6. The van der Waals surface area contributed by atoms with Gasteiger partial charge < -0.3 is 34.3 Å². The first kappa shape index (κ1) is 19.4. The maximum Gasteiger partial charge on any atom is 0.358 e. The lowest BCUT2D eigenvalue weighted by Gasteiger charge is -2.40. The molecule has 0 amide bonds. The Kier molecular flexibility index (Phi) is 6.58. The Morgan fingerprint density at radius 3 is 2.48 bits per heavy atom. The van der Waals surface area contributed by atoms with E-state index < -0.39 is 47.5 Å². The van der Waals surface area contributed by atoms with Gasteiger partial charge in [0.05, 0.1) is 11.5 Å². The molecule has 25 heavy (non-hydrogen) atoms. The van der Waals surface area contributed by atoms with Gasteiger partial charge in [-0.3, -0.25) is 10.1 Å². The summed E-state index contributed by atoms with van der Waals surface area (Å²) in [7, 11) is 1.28. The van der Waals surface area contributed by atoms with E-state index in [0.717, 1.165) is 0 Å². The predicted octanol–water partition coefficient (Wildman–Crippen LogP) is -0.271. The molecule has 10 nitrogen and oxygen atoms in total. The number of nitrogens with zero attached hydrogens (tertiary/aromatic N) is 1. The molecule has 0 saturated carbocycles. The molecular weight excluding hydrogens is 358 g/mol. The smallest absolute Gasteiger partial charge is 0.358 e. The predicted molar refractivity (Wildman–Crippen MR) is 86.0 cm³/mol. The number of hydrogen-bond donors (Lipinski definition) is 3. The molecule has 1 heterocycles. The van der Waals surface area contributed by atoms with Crippen LogP contribution in [0, 0.1) is 10.1 Å². The van der Waals surface area contributed by atoms with Gasteiger partial charge in [0.25, 0.3) is 5.69 Å². The Hall–Kier alpha value is -1.89. The molecule has 0 aliphatic carbocycles. The number of non-ortho nitro benzene ring substituents is 1. The topological polar surface area (TPSA) is 141 Å². The minimum absolute atomic E-state index is 0.122. The van der Waals surface area contributed by atoms with Gasteiger partial charge in [-0.25, -0.2) is 0 Å². The molecule has 1 aromatic rings. The number of thiocarbonyl (C=S) groups is 1. The van der Waals surface area contributed by atoms with Crippen LogP contribution >= 0.6 is 12.2 Å². The highest BCUT2D eigenvalue weighted by atomic mass is 32.1. The van der Waals surface area contributed by atoms with Gasteiger partial charge in [-0.05, 0) is 12.1 Å². The first-order valence-electron chi connectivity index (χ1n) is 7.15. The number of rotatable bonds is 5. The van der Waals surface area contributed by atoms with Crippen LogP contribution in [0.2, 0.25) is 0 Å². The van der Waals surface area contributed by atoms with Crippen LogP contribution in [0.3, 0.4) is 0 Å². The number of ether oxygens (including phenoxy) is 4. The van der Waals surface area contributed by atoms with E-state index in [1.165, 1.54) is 31.4 Å². The number of benzene rings is 1. The second-order valence-electron chi connectivity index (χ2n) is 5.13. The van der Waals surface area contributed by atoms with Gasteiger partial charge in [-0.15, -0.1) is 0 Å². The molecule has 5 atom stereocenters. The Balaban J connectivity index is 2.03. The lowest BCUT2D eigenvalue weighted by atomic mass is 9.99. The fourth-order valence-corrected chi connectivity index (χ4v) is 2.46. The van der Waals surface area contributed by atoms with Crippen LogP contribution in [0.1, 0.15) is 0 Å². The minimum Gasteiger partial charge on any atom is -0.447 e. The molecule has 0 spiro atoms. The summed E-state index contributed by atoms with van der Waals surface area (Å²) in [5, 5.41) is 39.6. The van der Waals surface area contributed by atoms with E-state index in [9.17, 15) is 25.4 Å². The van der Waals surface area contributed by atoms with Gasteiger partial charge in [0.15, 0.2) is 12.4 Å². The van der Waals surface area contributed by atoms with Gasteiger partial charge in [0.1, 0.15) is 24.1 Å². The van der Waals surface area contributed by atoms with Gasteiger partial charge in [-0.1, -0.05) is 0 Å². The third-order valence-electron chi connectivity index (χ3n) is 3.54. The van der Waals surface area contributed by atoms with Crippen molar-refractivity contribution >= 4 is 23.1 Å². The number of aliphatic hydroxyl groups excluding tert-OH is 3. The molecule has 138 valence electrons. The van der Waals surface area contributed by atoms with Crippen molar-refractivity contribution in [3.05, 3.63) is 34.4 Å². The summed E-state index contributed by atoms with van der Waals surface area (Å²) < 4.78 is 20.6. The monoisotopic (exact) mass is 375 g/mol. The molecule has 1 fully saturated rings. The SMILES string of the molecule is CO[C@@H]1O[C@H](CO)[C@@H](O)[C@H](OC(=S)Oc2ccc([N+](=O)[O-])cc2)[C@@H]1O. The molecule has 2 rings (SSSR count). The maximum atomic E-state index is 10.6. The lowest BCUT2D eigenvalue weighted by molar-refractivity contribution is -0.384. The van der Waals surface area contributed by atoms with Crippen molar-refractivity contribution in [1.82, 2.24) is 0 Å². The van der Waals surface area contributed by atoms with E-state index in [4.69, 9.17) is 31.2 Å². The molecular formula is C14H17NO9S. The highest BCUT2D eigenvalue weighted by Crippen LogP contribution is 2.25. The van der Waals surface area contributed by atoms with E-state index in [-0.39, 0.29) is 11.4 Å². The van der Waals surface area contributed by atoms with Crippen molar-refractivity contribution in [1.29, 1.82) is 0 Å².